The minimum Gasteiger partial charge on any atom is -0.362 e. The van der Waals surface area contributed by atoms with Gasteiger partial charge in [0.25, 0.3) is 0 Å². The number of anilines is 1. The highest BCUT2D eigenvalue weighted by atomic mass is 79.9. The zero-order valence-electron chi connectivity index (χ0n) is 12.5. The minimum absolute atomic E-state index is 0.642. The molecule has 0 radical (unpaired) electrons. The standard InChI is InChI=1S/C17H17BrN4S/c18-14-11-20-22(12-14)10-4-9-19-17(23)21-16-8-3-6-13-5-1-2-7-15(13)16/h1-3,5-8,11-12H,4,9-10H2,(H2,19,21,23). The highest BCUT2D eigenvalue weighted by molar-refractivity contribution is 9.10. The first-order valence-corrected chi connectivity index (χ1v) is 8.63. The van der Waals surface area contributed by atoms with E-state index in [9.17, 15) is 0 Å². The van der Waals surface area contributed by atoms with Crippen LogP contribution in [0.1, 0.15) is 6.42 Å². The molecule has 4 nitrogen and oxygen atoms in total. The van der Waals surface area contributed by atoms with Gasteiger partial charge in [-0.2, -0.15) is 5.10 Å². The van der Waals surface area contributed by atoms with E-state index in [4.69, 9.17) is 12.2 Å². The summed E-state index contributed by atoms with van der Waals surface area (Å²) in [7, 11) is 0. The number of halogens is 1. The van der Waals surface area contributed by atoms with Crippen molar-refractivity contribution in [2.45, 2.75) is 13.0 Å². The van der Waals surface area contributed by atoms with Crippen molar-refractivity contribution in [2.75, 3.05) is 11.9 Å². The van der Waals surface area contributed by atoms with Crippen molar-refractivity contribution in [3.8, 4) is 0 Å². The number of nitrogens with zero attached hydrogens (tertiary/aromatic N) is 2. The molecule has 0 spiro atoms. The lowest BCUT2D eigenvalue weighted by Gasteiger charge is -2.12. The van der Waals surface area contributed by atoms with Gasteiger partial charge in [-0.1, -0.05) is 36.4 Å². The van der Waals surface area contributed by atoms with Gasteiger partial charge in [0, 0.05) is 30.4 Å². The number of hydrogen-bond donors (Lipinski definition) is 2. The number of aryl methyl sites for hydroxylation is 1. The molecule has 6 heteroatoms. The van der Waals surface area contributed by atoms with Gasteiger partial charge >= 0.3 is 0 Å². The molecule has 0 saturated heterocycles. The summed E-state index contributed by atoms with van der Waals surface area (Å²) in [6.45, 7) is 1.66. The Balaban J connectivity index is 1.51. The third kappa shape index (κ3) is 4.30. The number of rotatable bonds is 5. The quantitative estimate of drug-likeness (QED) is 0.508. The minimum atomic E-state index is 0.642. The van der Waals surface area contributed by atoms with Gasteiger partial charge < -0.3 is 10.6 Å². The second-order valence-corrected chi connectivity index (χ2v) is 6.51. The summed E-state index contributed by atoms with van der Waals surface area (Å²) in [5, 5.41) is 13.8. The monoisotopic (exact) mass is 388 g/mol. The van der Waals surface area contributed by atoms with Gasteiger partial charge in [-0.3, -0.25) is 4.68 Å². The van der Waals surface area contributed by atoms with Crippen molar-refractivity contribution in [2.24, 2.45) is 0 Å². The summed E-state index contributed by atoms with van der Waals surface area (Å²) in [4.78, 5) is 0. The van der Waals surface area contributed by atoms with Crippen LogP contribution in [-0.4, -0.2) is 21.4 Å². The Labute approximate surface area is 149 Å². The molecule has 118 valence electrons. The third-order valence-corrected chi connectivity index (χ3v) is 4.15. The number of aromatic nitrogens is 2. The van der Waals surface area contributed by atoms with Crippen LogP contribution in [0, 0.1) is 0 Å². The van der Waals surface area contributed by atoms with E-state index in [-0.39, 0.29) is 0 Å². The van der Waals surface area contributed by atoms with Crippen LogP contribution in [0.4, 0.5) is 5.69 Å². The molecule has 3 rings (SSSR count). The van der Waals surface area contributed by atoms with Gasteiger partial charge in [0.2, 0.25) is 0 Å². The fourth-order valence-corrected chi connectivity index (χ4v) is 2.94. The predicted octanol–water partition coefficient (Wildman–Crippen LogP) is 4.18. The van der Waals surface area contributed by atoms with Gasteiger partial charge in [0.1, 0.15) is 0 Å². The van der Waals surface area contributed by atoms with Crippen molar-refractivity contribution in [3.63, 3.8) is 0 Å². The van der Waals surface area contributed by atoms with Crippen molar-refractivity contribution in [1.82, 2.24) is 15.1 Å². The Hall–Kier alpha value is -1.92. The van der Waals surface area contributed by atoms with E-state index in [1.165, 1.54) is 10.8 Å². The van der Waals surface area contributed by atoms with E-state index in [1.807, 2.05) is 35.1 Å². The Bertz CT molecular complexity index is 810. The van der Waals surface area contributed by atoms with E-state index in [0.29, 0.717) is 5.11 Å². The Morgan fingerprint density at radius 2 is 2.00 bits per heavy atom. The van der Waals surface area contributed by atoms with E-state index in [1.54, 1.807) is 6.20 Å². The fourth-order valence-electron chi connectivity index (χ4n) is 2.40. The molecule has 0 unspecified atom stereocenters. The molecule has 0 fully saturated rings. The van der Waals surface area contributed by atoms with Crippen molar-refractivity contribution in [3.05, 3.63) is 59.3 Å². The molecule has 23 heavy (non-hydrogen) atoms. The van der Waals surface area contributed by atoms with Crippen LogP contribution in [0.25, 0.3) is 10.8 Å². The summed E-state index contributed by atoms with van der Waals surface area (Å²) in [5.41, 5.74) is 1.02. The van der Waals surface area contributed by atoms with Crippen LogP contribution < -0.4 is 10.6 Å². The highest BCUT2D eigenvalue weighted by Gasteiger charge is 2.02. The maximum absolute atomic E-state index is 5.38. The molecule has 2 N–H and O–H groups in total. The lowest BCUT2D eigenvalue weighted by atomic mass is 10.1. The zero-order valence-corrected chi connectivity index (χ0v) is 14.9. The summed E-state index contributed by atoms with van der Waals surface area (Å²) < 4.78 is 2.91. The average Bonchev–Trinajstić information content (AvgIpc) is 2.97. The van der Waals surface area contributed by atoms with Crippen molar-refractivity contribution >= 4 is 49.7 Å². The van der Waals surface area contributed by atoms with Gasteiger partial charge in [-0.25, -0.2) is 0 Å². The van der Waals surface area contributed by atoms with Crippen LogP contribution in [0.2, 0.25) is 0 Å². The average molecular weight is 389 g/mol. The first-order chi connectivity index (χ1) is 11.2. The predicted molar refractivity (Wildman–Crippen MR) is 103 cm³/mol. The maximum atomic E-state index is 5.38. The smallest absolute Gasteiger partial charge is 0.170 e. The molecule has 0 atom stereocenters. The molecule has 3 aromatic rings. The number of thiocarbonyl (C=S) groups is 1. The molecule has 0 saturated carbocycles. The van der Waals surface area contributed by atoms with Crippen LogP contribution in [0.5, 0.6) is 0 Å². The van der Waals surface area contributed by atoms with E-state index in [2.05, 4.69) is 49.9 Å². The SMILES string of the molecule is S=C(NCCCn1cc(Br)cn1)Nc1cccc2ccccc12. The maximum Gasteiger partial charge on any atom is 0.170 e. The molecule has 0 aliphatic carbocycles. The second-order valence-electron chi connectivity index (χ2n) is 5.18. The lowest BCUT2D eigenvalue weighted by molar-refractivity contribution is 0.573. The lowest BCUT2D eigenvalue weighted by Crippen LogP contribution is -2.29. The van der Waals surface area contributed by atoms with Gasteiger partial charge in [0.15, 0.2) is 5.11 Å². The summed E-state index contributed by atoms with van der Waals surface area (Å²) in [5.74, 6) is 0. The van der Waals surface area contributed by atoms with E-state index < -0.39 is 0 Å². The fraction of sp³-hybridized carbons (Fsp3) is 0.176. The van der Waals surface area contributed by atoms with Crippen LogP contribution in [-0.2, 0) is 6.54 Å². The summed E-state index contributed by atoms with van der Waals surface area (Å²) >= 11 is 8.77. The van der Waals surface area contributed by atoms with Crippen LogP contribution >= 0.6 is 28.1 Å². The zero-order chi connectivity index (χ0) is 16.1. The highest BCUT2D eigenvalue weighted by Crippen LogP contribution is 2.22. The molecule has 2 aromatic carbocycles. The molecular weight excluding hydrogens is 372 g/mol. The first kappa shape index (κ1) is 16.0. The van der Waals surface area contributed by atoms with E-state index >= 15 is 0 Å². The molecule has 0 bridgehead atoms. The Kier molecular flexibility index (Phi) is 5.25. The first-order valence-electron chi connectivity index (χ1n) is 7.43. The Morgan fingerprint density at radius 1 is 1.17 bits per heavy atom. The topological polar surface area (TPSA) is 41.9 Å². The normalized spacial score (nSPS) is 10.7. The summed E-state index contributed by atoms with van der Waals surface area (Å²) in [6.07, 6.45) is 4.71. The van der Waals surface area contributed by atoms with Gasteiger partial charge in [0.05, 0.1) is 10.7 Å². The molecule has 1 heterocycles. The number of fused-ring (bicyclic) bond motifs is 1. The molecule has 0 aliphatic rings. The van der Waals surface area contributed by atoms with Gasteiger partial charge in [-0.05, 0) is 46.0 Å². The van der Waals surface area contributed by atoms with Crippen LogP contribution in [0.3, 0.4) is 0 Å². The summed E-state index contributed by atoms with van der Waals surface area (Å²) in [6, 6.07) is 14.4. The largest absolute Gasteiger partial charge is 0.362 e. The van der Waals surface area contributed by atoms with E-state index in [0.717, 1.165) is 29.7 Å². The molecule has 1 aromatic heterocycles. The van der Waals surface area contributed by atoms with Crippen molar-refractivity contribution in [1.29, 1.82) is 0 Å². The second kappa shape index (κ2) is 7.57. The molecule has 0 aliphatic heterocycles. The Morgan fingerprint density at radius 3 is 2.83 bits per heavy atom. The third-order valence-electron chi connectivity index (χ3n) is 3.49. The number of nitrogens with one attached hydrogen (secondary N) is 2. The number of benzene rings is 2. The van der Waals surface area contributed by atoms with Crippen LogP contribution in [0.15, 0.2) is 59.3 Å². The van der Waals surface area contributed by atoms with Gasteiger partial charge in [-0.15, -0.1) is 0 Å². The number of hydrogen-bond acceptors (Lipinski definition) is 2. The van der Waals surface area contributed by atoms with Crippen molar-refractivity contribution < 1.29 is 0 Å². The molecular formula is C17H17BrN4S. The molecule has 0 amide bonds.